The Bertz CT molecular complexity index is 557. The molecule has 3 rings (SSSR count). The molecule has 0 radical (unpaired) electrons. The van der Waals surface area contributed by atoms with E-state index in [-0.39, 0.29) is 0 Å². The molecule has 20 heavy (non-hydrogen) atoms. The van der Waals surface area contributed by atoms with Crippen LogP contribution >= 0.6 is 0 Å². The zero-order valence-corrected chi connectivity index (χ0v) is 11.7. The van der Waals surface area contributed by atoms with E-state index in [0.717, 1.165) is 44.1 Å². The van der Waals surface area contributed by atoms with Gasteiger partial charge in [0.05, 0.1) is 0 Å². The monoisotopic (exact) mass is 269 g/mol. The normalized spacial score (nSPS) is 16.1. The van der Waals surface area contributed by atoms with Gasteiger partial charge in [-0.25, -0.2) is 0 Å². The molecule has 0 spiro atoms. The number of anilines is 2. The molecule has 2 aromatic heterocycles. The van der Waals surface area contributed by atoms with Crippen molar-refractivity contribution in [2.45, 2.75) is 13.3 Å². The molecule has 0 unspecified atom stereocenters. The second kappa shape index (κ2) is 5.86. The first-order chi connectivity index (χ1) is 9.83. The van der Waals surface area contributed by atoms with Gasteiger partial charge in [-0.15, -0.1) is 5.10 Å². The highest BCUT2D eigenvalue weighted by molar-refractivity contribution is 5.47. The highest BCUT2D eigenvalue weighted by Gasteiger charge is 2.16. The zero-order valence-electron chi connectivity index (χ0n) is 11.7. The van der Waals surface area contributed by atoms with Gasteiger partial charge in [0.15, 0.2) is 5.82 Å². The molecule has 1 aliphatic heterocycles. The molecule has 3 heterocycles. The van der Waals surface area contributed by atoms with Crippen molar-refractivity contribution in [3.05, 3.63) is 42.4 Å². The Labute approximate surface area is 119 Å². The molecular weight excluding hydrogens is 250 g/mol. The maximum atomic E-state index is 4.27. The van der Waals surface area contributed by atoms with E-state index in [9.17, 15) is 0 Å². The van der Waals surface area contributed by atoms with Gasteiger partial charge in [0.2, 0.25) is 0 Å². The van der Waals surface area contributed by atoms with Gasteiger partial charge < -0.3 is 9.80 Å². The number of aryl methyl sites for hydroxylation is 1. The van der Waals surface area contributed by atoms with Crippen LogP contribution in [-0.2, 0) is 0 Å². The number of hydrogen-bond acceptors (Lipinski definition) is 5. The molecule has 1 saturated heterocycles. The molecule has 104 valence electrons. The van der Waals surface area contributed by atoms with E-state index in [1.54, 1.807) is 6.20 Å². The minimum atomic E-state index is 0.972. The molecule has 5 nitrogen and oxygen atoms in total. The summed E-state index contributed by atoms with van der Waals surface area (Å²) in [5.41, 5.74) is 2.33. The summed E-state index contributed by atoms with van der Waals surface area (Å²) in [6, 6.07) is 8.21. The van der Waals surface area contributed by atoms with Gasteiger partial charge in [-0.2, -0.15) is 5.10 Å². The fourth-order valence-electron chi connectivity index (χ4n) is 2.59. The summed E-state index contributed by atoms with van der Waals surface area (Å²) in [7, 11) is 0. The Morgan fingerprint density at radius 1 is 1.00 bits per heavy atom. The van der Waals surface area contributed by atoms with Crippen LogP contribution < -0.4 is 9.80 Å². The third-order valence-electron chi connectivity index (χ3n) is 3.62. The van der Waals surface area contributed by atoms with Gasteiger partial charge >= 0.3 is 0 Å². The van der Waals surface area contributed by atoms with E-state index in [2.05, 4.69) is 37.1 Å². The highest BCUT2D eigenvalue weighted by Crippen LogP contribution is 2.18. The van der Waals surface area contributed by atoms with Crippen LogP contribution in [0, 0.1) is 6.92 Å². The molecule has 0 aromatic carbocycles. The Morgan fingerprint density at radius 2 is 1.85 bits per heavy atom. The minimum absolute atomic E-state index is 0.972. The van der Waals surface area contributed by atoms with Gasteiger partial charge in [0, 0.05) is 50.0 Å². The van der Waals surface area contributed by atoms with Crippen LogP contribution in [0.2, 0.25) is 0 Å². The lowest BCUT2D eigenvalue weighted by Crippen LogP contribution is -2.31. The third kappa shape index (κ3) is 2.87. The smallest absolute Gasteiger partial charge is 0.151 e. The van der Waals surface area contributed by atoms with E-state index >= 15 is 0 Å². The van der Waals surface area contributed by atoms with E-state index < -0.39 is 0 Å². The number of hydrogen-bond donors (Lipinski definition) is 0. The third-order valence-corrected chi connectivity index (χ3v) is 3.62. The Morgan fingerprint density at radius 3 is 2.65 bits per heavy atom. The van der Waals surface area contributed by atoms with Crippen LogP contribution in [0.3, 0.4) is 0 Å². The van der Waals surface area contributed by atoms with Crippen LogP contribution in [-0.4, -0.2) is 41.4 Å². The van der Waals surface area contributed by atoms with Crippen molar-refractivity contribution in [1.29, 1.82) is 0 Å². The standard InChI is InChI=1S/C15H19N5/c1-13-12-14(5-7-16-13)19-8-3-9-20(11-10-19)15-4-2-6-17-18-15/h2,4-7,12H,3,8-11H2,1H3. The van der Waals surface area contributed by atoms with Gasteiger partial charge in [-0.1, -0.05) is 0 Å². The molecule has 2 aromatic rings. The first kappa shape index (κ1) is 12.8. The van der Waals surface area contributed by atoms with E-state index in [0.29, 0.717) is 0 Å². The number of pyridine rings is 1. The van der Waals surface area contributed by atoms with E-state index in [1.807, 2.05) is 25.3 Å². The molecule has 1 aliphatic rings. The lowest BCUT2D eigenvalue weighted by atomic mass is 10.3. The second-order valence-corrected chi connectivity index (χ2v) is 5.06. The Kier molecular flexibility index (Phi) is 3.76. The van der Waals surface area contributed by atoms with Gasteiger partial charge in [-0.05, 0) is 37.6 Å². The van der Waals surface area contributed by atoms with Gasteiger partial charge in [0.25, 0.3) is 0 Å². The van der Waals surface area contributed by atoms with Crippen LogP contribution in [0.5, 0.6) is 0 Å². The maximum absolute atomic E-state index is 4.27. The largest absolute Gasteiger partial charge is 0.370 e. The molecule has 0 N–H and O–H groups in total. The van der Waals surface area contributed by atoms with Crippen molar-refractivity contribution in [3.63, 3.8) is 0 Å². The average Bonchev–Trinajstić information content (AvgIpc) is 2.74. The predicted molar refractivity (Wildman–Crippen MR) is 80.0 cm³/mol. The van der Waals surface area contributed by atoms with Crippen LogP contribution in [0.4, 0.5) is 11.5 Å². The Balaban J connectivity index is 1.71. The van der Waals surface area contributed by atoms with Gasteiger partial charge in [-0.3, -0.25) is 4.98 Å². The second-order valence-electron chi connectivity index (χ2n) is 5.06. The molecule has 0 aliphatic carbocycles. The van der Waals surface area contributed by atoms with Crippen LogP contribution in [0.1, 0.15) is 12.1 Å². The summed E-state index contributed by atoms with van der Waals surface area (Å²) in [5, 5.41) is 8.17. The molecule has 0 bridgehead atoms. The quantitative estimate of drug-likeness (QED) is 0.833. The topological polar surface area (TPSA) is 45.2 Å². The summed E-state index contributed by atoms with van der Waals surface area (Å²) in [4.78, 5) is 8.99. The van der Waals surface area contributed by atoms with E-state index in [1.165, 1.54) is 5.69 Å². The van der Waals surface area contributed by atoms with Crippen LogP contribution in [0.25, 0.3) is 0 Å². The molecular formula is C15H19N5. The summed E-state index contributed by atoms with van der Waals surface area (Å²) < 4.78 is 0. The van der Waals surface area contributed by atoms with E-state index in [4.69, 9.17) is 0 Å². The van der Waals surface area contributed by atoms with Crippen molar-refractivity contribution in [2.75, 3.05) is 36.0 Å². The molecule has 0 atom stereocenters. The lowest BCUT2D eigenvalue weighted by molar-refractivity contribution is 0.786. The number of aromatic nitrogens is 3. The van der Waals surface area contributed by atoms with Crippen molar-refractivity contribution in [3.8, 4) is 0 Å². The SMILES string of the molecule is Cc1cc(N2CCCN(c3cccnn3)CC2)ccn1. The zero-order chi connectivity index (χ0) is 13.8. The van der Waals surface area contributed by atoms with Gasteiger partial charge in [0.1, 0.15) is 0 Å². The van der Waals surface area contributed by atoms with Crippen LogP contribution in [0.15, 0.2) is 36.7 Å². The minimum Gasteiger partial charge on any atom is -0.370 e. The summed E-state index contributed by atoms with van der Waals surface area (Å²) in [5.74, 6) is 0.972. The molecule has 1 fully saturated rings. The molecule has 0 saturated carbocycles. The van der Waals surface area contributed by atoms with Crippen molar-refractivity contribution < 1.29 is 0 Å². The fourth-order valence-corrected chi connectivity index (χ4v) is 2.59. The highest BCUT2D eigenvalue weighted by atomic mass is 15.3. The van der Waals surface area contributed by atoms with Crippen molar-refractivity contribution in [1.82, 2.24) is 15.2 Å². The maximum Gasteiger partial charge on any atom is 0.151 e. The fraction of sp³-hybridized carbons (Fsp3) is 0.400. The Hall–Kier alpha value is -2.17. The van der Waals surface area contributed by atoms with Crippen molar-refractivity contribution in [2.24, 2.45) is 0 Å². The van der Waals surface area contributed by atoms with Crippen molar-refractivity contribution >= 4 is 11.5 Å². The number of rotatable bonds is 2. The summed E-state index contributed by atoms with van der Waals surface area (Å²) in [6.07, 6.45) is 4.72. The molecule has 0 amide bonds. The summed E-state index contributed by atoms with van der Waals surface area (Å²) >= 11 is 0. The first-order valence-electron chi connectivity index (χ1n) is 7.03. The number of nitrogens with zero attached hydrogens (tertiary/aromatic N) is 5. The lowest BCUT2D eigenvalue weighted by Gasteiger charge is -2.24. The average molecular weight is 269 g/mol. The summed E-state index contributed by atoms with van der Waals surface area (Å²) in [6.45, 7) is 6.10. The first-order valence-corrected chi connectivity index (χ1v) is 7.03. The molecule has 5 heteroatoms. The predicted octanol–water partition coefficient (Wildman–Crippen LogP) is 1.90.